The minimum Gasteiger partial charge on any atom is -0.385 e. The van der Waals surface area contributed by atoms with Crippen LogP contribution in [0.15, 0.2) is 35.3 Å². The summed E-state index contributed by atoms with van der Waals surface area (Å²) in [5, 5.41) is 6.69. The number of aliphatic imine (C=N–C) groups is 1. The molecule has 0 saturated heterocycles. The van der Waals surface area contributed by atoms with Gasteiger partial charge in [-0.1, -0.05) is 37.3 Å². The van der Waals surface area contributed by atoms with E-state index in [9.17, 15) is 0 Å². The van der Waals surface area contributed by atoms with E-state index in [4.69, 9.17) is 4.74 Å². The van der Waals surface area contributed by atoms with Crippen molar-refractivity contribution in [2.24, 2.45) is 4.99 Å². The van der Waals surface area contributed by atoms with Crippen LogP contribution in [0.5, 0.6) is 0 Å². The number of nitrogens with one attached hydrogen (secondary N) is 2. The van der Waals surface area contributed by atoms with Crippen molar-refractivity contribution >= 4 is 5.96 Å². The van der Waals surface area contributed by atoms with Crippen LogP contribution in [-0.4, -0.2) is 39.8 Å². The highest BCUT2D eigenvalue weighted by Crippen LogP contribution is 2.17. The molecule has 20 heavy (non-hydrogen) atoms. The predicted molar refractivity (Wildman–Crippen MR) is 85.3 cm³/mol. The minimum absolute atomic E-state index is 0.508. The summed E-state index contributed by atoms with van der Waals surface area (Å²) in [6.45, 7) is 4.75. The van der Waals surface area contributed by atoms with E-state index in [1.54, 1.807) is 14.2 Å². The molecule has 0 saturated carbocycles. The molecule has 0 aromatic heterocycles. The molecule has 1 atom stereocenters. The monoisotopic (exact) mass is 277 g/mol. The first kappa shape index (κ1) is 16.5. The topological polar surface area (TPSA) is 45.7 Å². The van der Waals surface area contributed by atoms with Crippen molar-refractivity contribution in [1.82, 2.24) is 10.6 Å². The number of nitrogens with zero attached hydrogens (tertiary/aromatic N) is 1. The molecular weight excluding hydrogens is 250 g/mol. The van der Waals surface area contributed by atoms with Gasteiger partial charge < -0.3 is 15.4 Å². The van der Waals surface area contributed by atoms with Gasteiger partial charge in [-0.2, -0.15) is 0 Å². The molecule has 2 N–H and O–H groups in total. The predicted octanol–water partition coefficient (Wildman–Crippen LogP) is 2.38. The van der Waals surface area contributed by atoms with Crippen molar-refractivity contribution in [3.05, 3.63) is 35.9 Å². The molecule has 0 aliphatic heterocycles. The maximum Gasteiger partial charge on any atom is 0.190 e. The molecule has 0 amide bonds. The first-order valence-corrected chi connectivity index (χ1v) is 7.30. The molecule has 0 aliphatic rings. The molecular formula is C16H27N3O. The van der Waals surface area contributed by atoms with Crippen molar-refractivity contribution in [2.45, 2.75) is 25.7 Å². The largest absolute Gasteiger partial charge is 0.385 e. The van der Waals surface area contributed by atoms with Gasteiger partial charge in [-0.05, 0) is 18.4 Å². The Morgan fingerprint density at radius 3 is 2.60 bits per heavy atom. The lowest BCUT2D eigenvalue weighted by molar-refractivity contribution is 0.195. The summed E-state index contributed by atoms with van der Waals surface area (Å²) in [4.78, 5) is 4.24. The van der Waals surface area contributed by atoms with Crippen LogP contribution in [0, 0.1) is 0 Å². The van der Waals surface area contributed by atoms with E-state index in [0.29, 0.717) is 5.92 Å². The molecule has 1 aromatic carbocycles. The minimum atomic E-state index is 0.508. The highest BCUT2D eigenvalue weighted by atomic mass is 16.5. The Morgan fingerprint density at radius 1 is 1.25 bits per heavy atom. The number of hydrogen-bond donors (Lipinski definition) is 2. The van der Waals surface area contributed by atoms with Crippen molar-refractivity contribution in [3.63, 3.8) is 0 Å². The summed E-state index contributed by atoms with van der Waals surface area (Å²) >= 11 is 0. The molecule has 1 rings (SSSR count). The van der Waals surface area contributed by atoms with E-state index >= 15 is 0 Å². The quantitative estimate of drug-likeness (QED) is 0.436. The Morgan fingerprint density at radius 2 is 2.00 bits per heavy atom. The van der Waals surface area contributed by atoms with Crippen molar-refractivity contribution in [2.75, 3.05) is 33.9 Å². The van der Waals surface area contributed by atoms with Gasteiger partial charge in [0.05, 0.1) is 0 Å². The molecule has 0 aliphatic carbocycles. The van der Waals surface area contributed by atoms with Crippen LogP contribution < -0.4 is 10.6 Å². The van der Waals surface area contributed by atoms with Crippen LogP contribution in [0.4, 0.5) is 0 Å². The maximum atomic E-state index is 5.03. The molecule has 0 radical (unpaired) electrons. The zero-order valence-electron chi connectivity index (χ0n) is 12.9. The summed E-state index contributed by atoms with van der Waals surface area (Å²) in [6.07, 6.45) is 2.09. The van der Waals surface area contributed by atoms with Crippen molar-refractivity contribution in [1.29, 1.82) is 0 Å². The molecule has 0 fully saturated rings. The van der Waals surface area contributed by atoms with Crippen LogP contribution in [0.2, 0.25) is 0 Å². The second kappa shape index (κ2) is 10.3. The first-order chi connectivity index (χ1) is 9.81. The molecule has 0 bridgehead atoms. The number of methoxy groups -OCH3 is 1. The zero-order valence-corrected chi connectivity index (χ0v) is 12.9. The third-order valence-electron chi connectivity index (χ3n) is 3.32. The van der Waals surface area contributed by atoms with E-state index in [2.05, 4.69) is 52.9 Å². The second-order valence-electron chi connectivity index (χ2n) is 4.74. The Hall–Kier alpha value is -1.55. The smallest absolute Gasteiger partial charge is 0.190 e. The number of rotatable bonds is 8. The highest BCUT2D eigenvalue weighted by molar-refractivity contribution is 5.79. The number of guanidine groups is 1. The van der Waals surface area contributed by atoms with Crippen LogP contribution in [0.1, 0.15) is 31.2 Å². The Bertz CT molecular complexity index is 379. The van der Waals surface area contributed by atoms with Crippen molar-refractivity contribution in [3.8, 4) is 0 Å². The lowest BCUT2D eigenvalue weighted by Gasteiger charge is -2.18. The van der Waals surface area contributed by atoms with Gasteiger partial charge in [-0.15, -0.1) is 0 Å². The van der Waals surface area contributed by atoms with Gasteiger partial charge >= 0.3 is 0 Å². The van der Waals surface area contributed by atoms with Gasteiger partial charge in [-0.3, -0.25) is 4.99 Å². The molecule has 1 aromatic rings. The molecule has 112 valence electrons. The van der Waals surface area contributed by atoms with Gasteiger partial charge in [0.1, 0.15) is 0 Å². The van der Waals surface area contributed by atoms with E-state index in [1.165, 1.54) is 5.56 Å². The van der Waals surface area contributed by atoms with Crippen LogP contribution in [0.3, 0.4) is 0 Å². The fourth-order valence-corrected chi connectivity index (χ4v) is 2.09. The lowest BCUT2D eigenvalue weighted by atomic mass is 9.97. The summed E-state index contributed by atoms with van der Waals surface area (Å²) < 4.78 is 5.03. The van der Waals surface area contributed by atoms with Gasteiger partial charge in [-0.25, -0.2) is 0 Å². The van der Waals surface area contributed by atoms with E-state index in [-0.39, 0.29) is 0 Å². The van der Waals surface area contributed by atoms with Crippen LogP contribution in [0.25, 0.3) is 0 Å². The maximum absolute atomic E-state index is 5.03. The molecule has 4 heteroatoms. The highest BCUT2D eigenvalue weighted by Gasteiger charge is 2.09. The number of benzene rings is 1. The fraction of sp³-hybridized carbons (Fsp3) is 0.562. The van der Waals surface area contributed by atoms with Crippen LogP contribution in [-0.2, 0) is 4.74 Å². The molecule has 0 spiro atoms. The summed E-state index contributed by atoms with van der Waals surface area (Å²) in [6, 6.07) is 10.6. The molecule has 1 unspecified atom stereocenters. The van der Waals surface area contributed by atoms with E-state index in [0.717, 1.165) is 38.5 Å². The fourth-order valence-electron chi connectivity index (χ4n) is 2.09. The van der Waals surface area contributed by atoms with Gasteiger partial charge in [0, 0.05) is 39.8 Å². The third-order valence-corrected chi connectivity index (χ3v) is 3.32. The molecule has 0 heterocycles. The Labute approximate surface area is 122 Å². The first-order valence-electron chi connectivity index (χ1n) is 7.30. The normalized spacial score (nSPS) is 13.1. The zero-order chi connectivity index (χ0) is 14.6. The number of ether oxygens (including phenoxy) is 1. The average molecular weight is 277 g/mol. The molecule has 4 nitrogen and oxygen atoms in total. The summed E-state index contributed by atoms with van der Waals surface area (Å²) in [7, 11) is 3.52. The third kappa shape index (κ3) is 6.06. The second-order valence-corrected chi connectivity index (χ2v) is 4.74. The van der Waals surface area contributed by atoms with Crippen molar-refractivity contribution < 1.29 is 4.74 Å². The SMILES string of the molecule is CCC(CNC(=NC)NCCCOC)c1ccccc1. The van der Waals surface area contributed by atoms with Crippen LogP contribution >= 0.6 is 0 Å². The summed E-state index contributed by atoms with van der Waals surface area (Å²) in [5.41, 5.74) is 1.37. The standard InChI is InChI=1S/C16H27N3O/c1-4-14(15-9-6-5-7-10-15)13-19-16(17-2)18-11-8-12-20-3/h5-7,9-10,14H,4,8,11-13H2,1-3H3,(H2,17,18,19). The Balaban J connectivity index is 2.38. The van der Waals surface area contributed by atoms with Gasteiger partial charge in [0.15, 0.2) is 5.96 Å². The van der Waals surface area contributed by atoms with Gasteiger partial charge in [0.2, 0.25) is 0 Å². The Kier molecular flexibility index (Phi) is 8.47. The van der Waals surface area contributed by atoms with E-state index < -0.39 is 0 Å². The van der Waals surface area contributed by atoms with Gasteiger partial charge in [0.25, 0.3) is 0 Å². The average Bonchev–Trinajstić information content (AvgIpc) is 2.51. The number of hydrogen-bond acceptors (Lipinski definition) is 2. The van der Waals surface area contributed by atoms with E-state index in [1.807, 2.05) is 0 Å². The lowest BCUT2D eigenvalue weighted by Crippen LogP contribution is -2.39. The summed E-state index contributed by atoms with van der Waals surface area (Å²) in [5.74, 6) is 1.37.